The van der Waals surface area contributed by atoms with E-state index in [0.717, 1.165) is 11.3 Å². The molecule has 6 heteroatoms. The first kappa shape index (κ1) is 19.0. The number of rotatable bonds is 9. The Balaban J connectivity index is 2.54. The number of hydrogen-bond acceptors (Lipinski definition) is 3. The van der Waals surface area contributed by atoms with Gasteiger partial charge in [0.25, 0.3) is 11.8 Å². The topological polar surface area (TPSA) is 71.9 Å². The smallest absolute Gasteiger partial charge is 0.279 e. The Morgan fingerprint density at radius 1 is 1.17 bits per heavy atom. The molecule has 0 bridgehead atoms. The van der Waals surface area contributed by atoms with Crippen LogP contribution in [0.1, 0.15) is 27.2 Å². The lowest BCUT2D eigenvalue weighted by Crippen LogP contribution is -3.14. The van der Waals surface area contributed by atoms with Crippen molar-refractivity contribution in [2.75, 3.05) is 32.1 Å². The molecule has 1 aromatic rings. The fourth-order valence-corrected chi connectivity index (χ4v) is 2.14. The first-order chi connectivity index (χ1) is 11.0. The third-order valence-electron chi connectivity index (χ3n) is 3.72. The molecule has 0 radical (unpaired) electrons. The minimum Gasteiger partial charge on any atom is -0.495 e. The highest BCUT2D eigenvalue weighted by atomic mass is 16.5. The summed E-state index contributed by atoms with van der Waals surface area (Å²) < 4.78 is 5.21. The fourth-order valence-electron chi connectivity index (χ4n) is 2.14. The molecule has 0 spiro atoms. The lowest BCUT2D eigenvalue weighted by atomic mass is 10.2. The third kappa shape index (κ3) is 6.69. The van der Waals surface area contributed by atoms with Gasteiger partial charge in [0.05, 0.1) is 19.3 Å². The van der Waals surface area contributed by atoms with Gasteiger partial charge in [-0.25, -0.2) is 0 Å². The minimum atomic E-state index is -0.136. The van der Waals surface area contributed by atoms with Crippen molar-refractivity contribution in [2.24, 2.45) is 0 Å². The van der Waals surface area contributed by atoms with Crippen molar-refractivity contribution in [3.8, 4) is 5.75 Å². The van der Waals surface area contributed by atoms with Crippen LogP contribution >= 0.6 is 0 Å². The summed E-state index contributed by atoms with van der Waals surface area (Å²) in [5.74, 6) is 0.456. The Labute approximate surface area is 138 Å². The molecular formula is C17H28N3O3+. The highest BCUT2D eigenvalue weighted by Crippen LogP contribution is 2.22. The van der Waals surface area contributed by atoms with Gasteiger partial charge in [-0.3, -0.25) is 9.59 Å². The maximum absolute atomic E-state index is 12.2. The van der Waals surface area contributed by atoms with Gasteiger partial charge in [0.1, 0.15) is 5.75 Å². The van der Waals surface area contributed by atoms with E-state index in [1.807, 2.05) is 32.9 Å². The monoisotopic (exact) mass is 322 g/mol. The Hall–Kier alpha value is -2.08. The molecule has 1 unspecified atom stereocenters. The lowest BCUT2D eigenvalue weighted by Gasteiger charge is -2.19. The summed E-state index contributed by atoms with van der Waals surface area (Å²) in [4.78, 5) is 25.0. The zero-order valence-electron chi connectivity index (χ0n) is 14.4. The number of ether oxygens (including phenoxy) is 1. The van der Waals surface area contributed by atoms with E-state index in [1.54, 1.807) is 19.2 Å². The molecular weight excluding hydrogens is 294 g/mol. The van der Waals surface area contributed by atoms with Crippen molar-refractivity contribution in [2.45, 2.75) is 33.2 Å². The Bertz CT molecular complexity index is 520. The van der Waals surface area contributed by atoms with Gasteiger partial charge in [0.15, 0.2) is 13.1 Å². The maximum atomic E-state index is 12.2. The van der Waals surface area contributed by atoms with E-state index in [0.29, 0.717) is 24.5 Å². The van der Waals surface area contributed by atoms with E-state index in [-0.39, 0.29) is 24.4 Å². The molecule has 0 aliphatic carbocycles. The van der Waals surface area contributed by atoms with Crippen LogP contribution in [0.25, 0.3) is 0 Å². The van der Waals surface area contributed by atoms with Crippen molar-refractivity contribution in [3.05, 3.63) is 24.3 Å². The van der Waals surface area contributed by atoms with Crippen molar-refractivity contribution in [1.29, 1.82) is 0 Å². The van der Waals surface area contributed by atoms with Gasteiger partial charge in [0, 0.05) is 6.04 Å². The van der Waals surface area contributed by atoms with E-state index in [1.165, 1.54) is 0 Å². The molecule has 2 amide bonds. The van der Waals surface area contributed by atoms with E-state index < -0.39 is 0 Å². The first-order valence-electron chi connectivity index (χ1n) is 8.05. The van der Waals surface area contributed by atoms with Gasteiger partial charge in [-0.05, 0) is 32.4 Å². The second-order valence-electron chi connectivity index (χ2n) is 5.58. The van der Waals surface area contributed by atoms with Crippen molar-refractivity contribution in [3.63, 3.8) is 0 Å². The van der Waals surface area contributed by atoms with Crippen molar-refractivity contribution in [1.82, 2.24) is 5.32 Å². The normalized spacial score (nSPS) is 13.0. The molecule has 23 heavy (non-hydrogen) atoms. The van der Waals surface area contributed by atoms with Crippen molar-refractivity contribution >= 4 is 17.5 Å². The summed E-state index contributed by atoms with van der Waals surface area (Å²) in [7, 11) is 1.56. The van der Waals surface area contributed by atoms with E-state index in [9.17, 15) is 9.59 Å². The zero-order valence-corrected chi connectivity index (χ0v) is 14.4. The van der Waals surface area contributed by atoms with Gasteiger partial charge >= 0.3 is 0 Å². The summed E-state index contributed by atoms with van der Waals surface area (Å²) >= 11 is 0. The molecule has 128 valence electrons. The predicted molar refractivity (Wildman–Crippen MR) is 90.8 cm³/mol. The standard InChI is InChI=1S/C17H27N3O3/c1-5-13(3)18-16(21)11-20(6-2)12-17(22)19-14-9-7-8-10-15(14)23-4/h7-10,13H,5-6,11-12H2,1-4H3,(H,18,21)(H,19,22)/p+1/t13-/m0/s1. The molecule has 0 heterocycles. The van der Waals surface area contributed by atoms with E-state index in [4.69, 9.17) is 4.74 Å². The molecule has 1 rings (SSSR count). The summed E-state index contributed by atoms with van der Waals surface area (Å²) in [5.41, 5.74) is 0.638. The molecule has 2 atom stereocenters. The molecule has 1 aromatic carbocycles. The quantitative estimate of drug-likeness (QED) is 0.618. The molecule has 6 nitrogen and oxygen atoms in total. The number of methoxy groups -OCH3 is 1. The molecule has 0 aliphatic rings. The first-order valence-corrected chi connectivity index (χ1v) is 8.05. The van der Waals surface area contributed by atoms with Crippen LogP contribution < -0.4 is 20.3 Å². The van der Waals surface area contributed by atoms with Crippen LogP contribution in [0.4, 0.5) is 5.69 Å². The van der Waals surface area contributed by atoms with Gasteiger partial charge in [-0.1, -0.05) is 19.1 Å². The van der Waals surface area contributed by atoms with E-state index >= 15 is 0 Å². The fraction of sp³-hybridized carbons (Fsp3) is 0.529. The van der Waals surface area contributed by atoms with Crippen molar-refractivity contribution < 1.29 is 19.2 Å². The van der Waals surface area contributed by atoms with Crippen LogP contribution in [0.2, 0.25) is 0 Å². The van der Waals surface area contributed by atoms with E-state index in [2.05, 4.69) is 10.6 Å². The maximum Gasteiger partial charge on any atom is 0.279 e. The molecule has 0 aromatic heterocycles. The number of likely N-dealkylation sites (N-methyl/N-ethyl adjacent to an activating group) is 1. The molecule has 0 fully saturated rings. The second-order valence-corrected chi connectivity index (χ2v) is 5.58. The van der Waals surface area contributed by atoms with Gasteiger partial charge in [-0.2, -0.15) is 0 Å². The number of para-hydroxylation sites is 2. The number of hydrogen-bond donors (Lipinski definition) is 3. The van der Waals surface area contributed by atoms with Gasteiger partial charge in [0.2, 0.25) is 0 Å². The zero-order chi connectivity index (χ0) is 17.2. The Morgan fingerprint density at radius 2 is 1.83 bits per heavy atom. The molecule has 0 saturated carbocycles. The van der Waals surface area contributed by atoms with Gasteiger partial charge in [-0.15, -0.1) is 0 Å². The second kappa shape index (κ2) is 9.84. The highest BCUT2D eigenvalue weighted by molar-refractivity contribution is 5.93. The SMILES string of the molecule is CC[C@H](C)NC(=O)C[NH+](CC)CC(=O)Nc1ccccc1OC. The average molecular weight is 322 g/mol. The number of benzene rings is 1. The third-order valence-corrected chi connectivity index (χ3v) is 3.72. The van der Waals surface area contributed by atoms with Crippen LogP contribution in [0.3, 0.4) is 0 Å². The summed E-state index contributed by atoms with van der Waals surface area (Å²) in [5, 5.41) is 5.76. The number of quaternary nitrogens is 1. The minimum absolute atomic E-state index is 0.0266. The van der Waals surface area contributed by atoms with Crippen LogP contribution in [0.5, 0.6) is 5.75 Å². The summed E-state index contributed by atoms with van der Waals surface area (Å²) in [6.45, 7) is 7.19. The van der Waals surface area contributed by atoms with Crippen LogP contribution in [-0.4, -0.2) is 44.6 Å². The predicted octanol–water partition coefficient (Wildman–Crippen LogP) is 0.453. The van der Waals surface area contributed by atoms with Crippen LogP contribution in [0.15, 0.2) is 24.3 Å². The van der Waals surface area contributed by atoms with Crippen LogP contribution in [0, 0.1) is 0 Å². The van der Waals surface area contributed by atoms with Gasteiger partial charge < -0.3 is 20.3 Å². The number of carbonyl (C=O) groups excluding carboxylic acids is 2. The molecule has 0 saturated heterocycles. The number of anilines is 1. The highest BCUT2D eigenvalue weighted by Gasteiger charge is 2.18. The van der Waals surface area contributed by atoms with Crippen LogP contribution in [-0.2, 0) is 9.59 Å². The summed E-state index contributed by atoms with van der Waals surface area (Å²) in [6.07, 6.45) is 0.890. The lowest BCUT2D eigenvalue weighted by molar-refractivity contribution is -0.881. The summed E-state index contributed by atoms with van der Waals surface area (Å²) in [6, 6.07) is 7.42. The number of amides is 2. The molecule has 3 N–H and O–H groups in total. The Kier molecular flexibility index (Phi) is 8.11. The number of carbonyl (C=O) groups is 2. The largest absolute Gasteiger partial charge is 0.495 e. The molecule has 0 aliphatic heterocycles. The number of nitrogens with one attached hydrogen (secondary N) is 3. The average Bonchev–Trinajstić information content (AvgIpc) is 2.54. The Morgan fingerprint density at radius 3 is 2.43 bits per heavy atom.